The molecule has 0 aliphatic carbocycles. The predicted molar refractivity (Wildman–Crippen MR) is 116 cm³/mol. The molecule has 2 aliphatic heterocycles. The number of halogens is 2. The van der Waals surface area contributed by atoms with Crippen molar-refractivity contribution in [3.63, 3.8) is 0 Å². The van der Waals surface area contributed by atoms with Crippen LogP contribution in [0.2, 0.25) is 10.0 Å². The number of nitrogens with one attached hydrogen (secondary N) is 1. The van der Waals surface area contributed by atoms with Gasteiger partial charge < -0.3 is 15.0 Å². The Morgan fingerprint density at radius 2 is 1.83 bits per heavy atom. The maximum Gasteiger partial charge on any atom is 0.256 e. The maximum atomic E-state index is 13.2. The highest BCUT2D eigenvalue weighted by molar-refractivity contribution is 6.38. The van der Waals surface area contributed by atoms with Crippen molar-refractivity contribution in [2.24, 2.45) is 5.92 Å². The fraction of sp³-hybridized carbons (Fsp3) is 0.619. The van der Waals surface area contributed by atoms with Gasteiger partial charge in [-0.25, -0.2) is 0 Å². The molecule has 2 aliphatic rings. The van der Waals surface area contributed by atoms with Crippen molar-refractivity contribution in [3.05, 3.63) is 27.7 Å². The Labute approximate surface area is 182 Å². The number of hydrogen-bond acceptors (Lipinski definition) is 4. The molecular weight excluding hydrogens is 413 g/mol. The molecule has 0 atom stereocenters. The average Bonchev–Trinajstić information content (AvgIpc) is 2.71. The number of benzene rings is 1. The fourth-order valence-electron chi connectivity index (χ4n) is 3.94. The Morgan fingerprint density at radius 3 is 2.48 bits per heavy atom. The van der Waals surface area contributed by atoms with Crippen LogP contribution in [0.4, 0.5) is 5.69 Å². The molecule has 0 spiro atoms. The molecular formula is C21H29Cl2N3O3. The molecule has 29 heavy (non-hydrogen) atoms. The lowest BCUT2D eigenvalue weighted by molar-refractivity contribution is -0.116. The normalized spacial score (nSPS) is 18.7. The lowest BCUT2D eigenvalue weighted by Gasteiger charge is -2.36. The fourth-order valence-corrected chi connectivity index (χ4v) is 4.48. The molecule has 2 amide bonds. The van der Waals surface area contributed by atoms with Gasteiger partial charge in [0.05, 0.1) is 29.5 Å². The maximum absolute atomic E-state index is 13.2. The molecule has 3 rings (SSSR count). The number of carbonyl (C=O) groups is 2. The minimum absolute atomic E-state index is 0.133. The van der Waals surface area contributed by atoms with Gasteiger partial charge in [0.2, 0.25) is 5.91 Å². The SMILES string of the molecule is CCCC(=O)Nc1c(Cl)cc(Cl)cc1C(=O)N1CCC(CN2CCOCC2)CC1. The molecule has 160 valence electrons. The molecule has 8 heteroatoms. The second kappa shape index (κ2) is 10.6. The summed E-state index contributed by atoms with van der Waals surface area (Å²) in [4.78, 5) is 29.6. The van der Waals surface area contributed by atoms with Gasteiger partial charge in [-0.2, -0.15) is 0 Å². The number of morpholine rings is 1. The number of nitrogens with zero attached hydrogens (tertiary/aromatic N) is 2. The minimum Gasteiger partial charge on any atom is -0.379 e. The third kappa shape index (κ3) is 6.07. The number of piperidine rings is 1. The van der Waals surface area contributed by atoms with Crippen LogP contribution in [0.15, 0.2) is 12.1 Å². The van der Waals surface area contributed by atoms with Crippen LogP contribution in [0.5, 0.6) is 0 Å². The summed E-state index contributed by atoms with van der Waals surface area (Å²) in [5.41, 5.74) is 0.716. The van der Waals surface area contributed by atoms with Crippen molar-refractivity contribution < 1.29 is 14.3 Å². The molecule has 2 heterocycles. The molecule has 2 saturated heterocycles. The van der Waals surface area contributed by atoms with Crippen molar-refractivity contribution in [1.82, 2.24) is 9.80 Å². The van der Waals surface area contributed by atoms with Crippen LogP contribution in [0.25, 0.3) is 0 Å². The molecule has 6 nitrogen and oxygen atoms in total. The van der Waals surface area contributed by atoms with Gasteiger partial charge in [-0.15, -0.1) is 0 Å². The van der Waals surface area contributed by atoms with E-state index >= 15 is 0 Å². The Balaban J connectivity index is 1.65. The summed E-state index contributed by atoms with van der Waals surface area (Å²) in [5.74, 6) is 0.296. The molecule has 0 bridgehead atoms. The van der Waals surface area contributed by atoms with E-state index in [-0.39, 0.29) is 16.8 Å². The first kappa shape index (κ1) is 22.3. The van der Waals surface area contributed by atoms with Crippen molar-refractivity contribution in [1.29, 1.82) is 0 Å². The highest BCUT2D eigenvalue weighted by Gasteiger charge is 2.28. The molecule has 1 N–H and O–H groups in total. The van der Waals surface area contributed by atoms with Gasteiger partial charge in [-0.05, 0) is 37.3 Å². The third-order valence-corrected chi connectivity index (χ3v) is 6.07. The lowest BCUT2D eigenvalue weighted by Crippen LogP contribution is -2.44. The van der Waals surface area contributed by atoms with Crippen LogP contribution in [0.1, 0.15) is 43.0 Å². The topological polar surface area (TPSA) is 61.9 Å². The van der Waals surface area contributed by atoms with E-state index in [0.29, 0.717) is 41.7 Å². The Hall–Kier alpha value is -1.34. The van der Waals surface area contributed by atoms with Crippen molar-refractivity contribution in [3.8, 4) is 0 Å². The molecule has 1 aromatic rings. The van der Waals surface area contributed by atoms with Crippen molar-refractivity contribution in [2.75, 3.05) is 51.3 Å². The van der Waals surface area contributed by atoms with E-state index in [1.54, 1.807) is 12.1 Å². The van der Waals surface area contributed by atoms with Gasteiger partial charge in [-0.3, -0.25) is 14.5 Å². The predicted octanol–water partition coefficient (Wildman–Crippen LogP) is 3.92. The van der Waals surface area contributed by atoms with Gasteiger partial charge in [-0.1, -0.05) is 30.1 Å². The van der Waals surface area contributed by atoms with E-state index in [1.165, 1.54) is 0 Å². The molecule has 2 fully saturated rings. The summed E-state index contributed by atoms with van der Waals surface area (Å²) < 4.78 is 5.41. The van der Waals surface area contributed by atoms with Gasteiger partial charge in [0.1, 0.15) is 0 Å². The van der Waals surface area contributed by atoms with Crippen LogP contribution >= 0.6 is 23.2 Å². The van der Waals surface area contributed by atoms with Crippen LogP contribution < -0.4 is 5.32 Å². The summed E-state index contributed by atoms with van der Waals surface area (Å²) in [5, 5.41) is 3.46. The molecule has 0 radical (unpaired) electrons. The average molecular weight is 442 g/mol. The largest absolute Gasteiger partial charge is 0.379 e. The number of ether oxygens (including phenoxy) is 1. The van der Waals surface area contributed by atoms with Gasteiger partial charge in [0.25, 0.3) is 5.91 Å². The second-order valence-electron chi connectivity index (χ2n) is 7.76. The minimum atomic E-state index is -0.157. The number of likely N-dealkylation sites (tertiary alicyclic amines) is 1. The first-order valence-corrected chi connectivity index (χ1v) is 11.1. The lowest BCUT2D eigenvalue weighted by atomic mass is 9.95. The quantitative estimate of drug-likeness (QED) is 0.726. The van der Waals surface area contributed by atoms with Crippen LogP contribution in [-0.2, 0) is 9.53 Å². The van der Waals surface area contributed by atoms with Gasteiger partial charge >= 0.3 is 0 Å². The van der Waals surface area contributed by atoms with Crippen molar-refractivity contribution in [2.45, 2.75) is 32.6 Å². The van der Waals surface area contributed by atoms with Crippen LogP contribution in [0.3, 0.4) is 0 Å². The zero-order chi connectivity index (χ0) is 20.8. The van der Waals surface area contributed by atoms with E-state index in [4.69, 9.17) is 27.9 Å². The Kier molecular flexibility index (Phi) is 8.18. The zero-order valence-electron chi connectivity index (χ0n) is 16.9. The number of anilines is 1. The number of hydrogen-bond donors (Lipinski definition) is 1. The number of amides is 2. The second-order valence-corrected chi connectivity index (χ2v) is 8.60. The Morgan fingerprint density at radius 1 is 1.14 bits per heavy atom. The first-order chi connectivity index (χ1) is 14.0. The highest BCUT2D eigenvalue weighted by Crippen LogP contribution is 2.32. The van der Waals surface area contributed by atoms with E-state index in [2.05, 4.69) is 10.2 Å². The summed E-state index contributed by atoms with van der Waals surface area (Å²) >= 11 is 12.5. The molecule has 1 aromatic carbocycles. The summed E-state index contributed by atoms with van der Waals surface area (Å²) in [7, 11) is 0. The first-order valence-electron chi connectivity index (χ1n) is 10.4. The van der Waals surface area contributed by atoms with E-state index in [1.807, 2.05) is 11.8 Å². The van der Waals surface area contributed by atoms with E-state index in [9.17, 15) is 9.59 Å². The summed E-state index contributed by atoms with van der Waals surface area (Å²) in [6, 6.07) is 3.15. The molecule has 0 saturated carbocycles. The van der Waals surface area contributed by atoms with E-state index < -0.39 is 0 Å². The molecule has 0 aromatic heterocycles. The summed E-state index contributed by atoms with van der Waals surface area (Å²) in [6.07, 6.45) is 3.03. The van der Waals surface area contributed by atoms with Gasteiger partial charge in [0, 0.05) is 44.2 Å². The standard InChI is InChI=1S/C21H29Cl2N3O3/c1-2-3-19(27)24-20-17(12-16(22)13-18(20)23)21(28)26-6-4-15(5-7-26)14-25-8-10-29-11-9-25/h12-13,15H,2-11,14H2,1H3,(H,24,27). The molecule has 0 unspecified atom stereocenters. The number of rotatable bonds is 6. The summed E-state index contributed by atoms with van der Waals surface area (Å²) in [6.45, 7) is 7.96. The monoisotopic (exact) mass is 441 g/mol. The van der Waals surface area contributed by atoms with Crippen molar-refractivity contribution >= 4 is 40.7 Å². The highest BCUT2D eigenvalue weighted by atomic mass is 35.5. The van der Waals surface area contributed by atoms with Crippen LogP contribution in [-0.4, -0.2) is 67.6 Å². The Bertz CT molecular complexity index is 730. The smallest absolute Gasteiger partial charge is 0.256 e. The third-order valence-electron chi connectivity index (χ3n) is 5.55. The zero-order valence-corrected chi connectivity index (χ0v) is 18.4. The van der Waals surface area contributed by atoms with Crippen LogP contribution in [0, 0.1) is 5.92 Å². The van der Waals surface area contributed by atoms with Gasteiger partial charge in [0.15, 0.2) is 0 Å². The van der Waals surface area contributed by atoms with E-state index in [0.717, 1.165) is 52.1 Å². The number of carbonyl (C=O) groups excluding carboxylic acids is 2.